The molecule has 0 saturated heterocycles. The predicted octanol–water partition coefficient (Wildman–Crippen LogP) is 3.64. The lowest BCUT2D eigenvalue weighted by Crippen LogP contribution is -2.08. The molecule has 0 heterocycles. The molecule has 1 aromatic carbocycles. The van der Waals surface area contributed by atoms with Crippen molar-refractivity contribution in [3.8, 4) is 0 Å². The highest BCUT2D eigenvalue weighted by Crippen LogP contribution is 2.17. The molecule has 1 rings (SSSR count). The van der Waals surface area contributed by atoms with Crippen LogP contribution in [0.25, 0.3) is 0 Å². The first-order chi connectivity index (χ1) is 7.69. The Labute approximate surface area is 114 Å². The molecule has 1 aromatic rings. The number of aryl methyl sites for hydroxylation is 1. The number of carbonyl (C=O) groups excluding carboxylic acids is 1. The normalized spacial score (nSPS) is 10.2. The van der Waals surface area contributed by atoms with Crippen molar-refractivity contribution in [3.63, 3.8) is 0 Å². The number of hydrogen-bond donors (Lipinski definition) is 0. The third-order valence-corrected chi connectivity index (χ3v) is 3.09. The zero-order chi connectivity index (χ0) is 12.0. The Morgan fingerprint density at radius 2 is 2.25 bits per heavy atom. The number of hydrogen-bond acceptors (Lipinski definition) is 2. The number of ether oxygens (including phenoxy) is 1. The summed E-state index contributed by atoms with van der Waals surface area (Å²) < 4.78 is 6.07. The highest BCUT2D eigenvalue weighted by molar-refractivity contribution is 14.1. The number of rotatable bonds is 5. The first kappa shape index (κ1) is 13.8. The fourth-order valence-corrected chi connectivity index (χ4v) is 2.05. The summed E-state index contributed by atoms with van der Waals surface area (Å²) in [6.45, 7) is 2.21. The second kappa shape index (κ2) is 7.12. The molecule has 0 unspecified atom stereocenters. The molecule has 0 fully saturated rings. The van der Waals surface area contributed by atoms with E-state index >= 15 is 0 Å². The molecular weight excluding hydrogens is 338 g/mol. The molecule has 0 aromatic heterocycles. The molecule has 0 N–H and O–H groups in total. The second-order valence-corrected chi connectivity index (χ2v) is 4.94. The van der Waals surface area contributed by atoms with Gasteiger partial charge in [-0.3, -0.25) is 0 Å². The molecule has 0 saturated carbocycles. The lowest BCUT2D eigenvalue weighted by Gasteiger charge is -2.08. The molecule has 0 atom stereocenters. The number of benzene rings is 1. The first-order valence-electron chi connectivity index (χ1n) is 5.20. The topological polar surface area (TPSA) is 26.3 Å². The molecule has 0 aliphatic rings. The van der Waals surface area contributed by atoms with Crippen molar-refractivity contribution in [2.75, 3.05) is 12.5 Å². The van der Waals surface area contributed by atoms with Crippen LogP contribution in [0, 0.1) is 3.57 Å². The molecule has 88 valence electrons. The van der Waals surface area contributed by atoms with Gasteiger partial charge in [0.15, 0.2) is 0 Å². The van der Waals surface area contributed by atoms with E-state index in [9.17, 15) is 4.79 Å². The summed E-state index contributed by atoms with van der Waals surface area (Å²) in [5, 5.41) is 0. The van der Waals surface area contributed by atoms with Crippen LogP contribution in [-0.4, -0.2) is 18.5 Å². The van der Waals surface area contributed by atoms with E-state index in [0.717, 1.165) is 22.0 Å². The first-order valence-corrected chi connectivity index (χ1v) is 6.82. The summed E-state index contributed by atoms with van der Waals surface area (Å²) in [5.74, 6) is 0.361. The van der Waals surface area contributed by atoms with Gasteiger partial charge in [0.1, 0.15) is 0 Å². The van der Waals surface area contributed by atoms with Crippen molar-refractivity contribution in [2.45, 2.75) is 19.8 Å². The molecule has 0 aliphatic carbocycles. The zero-order valence-corrected chi connectivity index (χ0v) is 12.0. The van der Waals surface area contributed by atoms with Crippen molar-refractivity contribution in [3.05, 3.63) is 32.9 Å². The van der Waals surface area contributed by atoms with Crippen LogP contribution in [0.2, 0.25) is 0 Å². The maximum atomic E-state index is 11.7. The molecule has 4 heteroatoms. The monoisotopic (exact) mass is 352 g/mol. The van der Waals surface area contributed by atoms with E-state index in [1.54, 1.807) is 0 Å². The highest BCUT2D eigenvalue weighted by Gasteiger charge is 2.12. The van der Waals surface area contributed by atoms with Crippen LogP contribution < -0.4 is 0 Å². The molecular formula is C12H14ClIO2. The van der Waals surface area contributed by atoms with Gasteiger partial charge in [0.25, 0.3) is 0 Å². The van der Waals surface area contributed by atoms with Crippen molar-refractivity contribution < 1.29 is 9.53 Å². The molecule has 2 nitrogen and oxygen atoms in total. The summed E-state index contributed by atoms with van der Waals surface area (Å²) in [6, 6.07) is 5.83. The van der Waals surface area contributed by atoms with E-state index in [0.29, 0.717) is 18.1 Å². The summed E-state index contributed by atoms with van der Waals surface area (Å²) in [6.07, 6.45) is 1.68. The summed E-state index contributed by atoms with van der Waals surface area (Å²) >= 11 is 7.85. The van der Waals surface area contributed by atoms with Crippen molar-refractivity contribution in [1.82, 2.24) is 0 Å². The Kier molecular flexibility index (Phi) is 6.13. The quantitative estimate of drug-likeness (QED) is 0.459. The Balaban J connectivity index is 2.93. The molecule has 16 heavy (non-hydrogen) atoms. The Morgan fingerprint density at radius 3 is 2.88 bits per heavy atom. The maximum absolute atomic E-state index is 11.7. The van der Waals surface area contributed by atoms with Gasteiger partial charge < -0.3 is 4.74 Å². The van der Waals surface area contributed by atoms with Crippen molar-refractivity contribution in [2.24, 2.45) is 0 Å². The molecule has 0 bridgehead atoms. The number of halogens is 2. The maximum Gasteiger partial charge on any atom is 0.338 e. The average Bonchev–Trinajstić information content (AvgIpc) is 2.27. The van der Waals surface area contributed by atoms with Gasteiger partial charge in [0.2, 0.25) is 0 Å². The van der Waals surface area contributed by atoms with Gasteiger partial charge in [-0.1, -0.05) is 6.07 Å². The standard InChI is InChI=1S/C12H14ClIO2/c1-2-16-12(15)11-8-10(14)6-5-9(11)4-3-7-13/h5-6,8H,2-4,7H2,1H3. The van der Waals surface area contributed by atoms with E-state index < -0.39 is 0 Å². The van der Waals surface area contributed by atoms with Crippen LogP contribution >= 0.6 is 34.2 Å². The third-order valence-electron chi connectivity index (χ3n) is 2.15. The lowest BCUT2D eigenvalue weighted by molar-refractivity contribution is 0.0525. The van der Waals surface area contributed by atoms with Crippen LogP contribution in [-0.2, 0) is 11.2 Å². The predicted molar refractivity (Wildman–Crippen MR) is 74.2 cm³/mol. The van der Waals surface area contributed by atoms with E-state index in [1.807, 2.05) is 25.1 Å². The van der Waals surface area contributed by atoms with Gasteiger partial charge in [-0.15, -0.1) is 11.6 Å². The van der Waals surface area contributed by atoms with Crippen LogP contribution in [0.4, 0.5) is 0 Å². The van der Waals surface area contributed by atoms with Crippen LogP contribution in [0.1, 0.15) is 29.3 Å². The van der Waals surface area contributed by atoms with Crippen molar-refractivity contribution in [1.29, 1.82) is 0 Å². The second-order valence-electron chi connectivity index (χ2n) is 3.31. The molecule has 0 spiro atoms. The summed E-state index contributed by atoms with van der Waals surface area (Å²) in [7, 11) is 0. The van der Waals surface area contributed by atoms with Gasteiger partial charge in [-0.25, -0.2) is 4.79 Å². The van der Waals surface area contributed by atoms with Gasteiger partial charge in [0.05, 0.1) is 12.2 Å². The zero-order valence-electron chi connectivity index (χ0n) is 9.13. The lowest BCUT2D eigenvalue weighted by atomic mass is 10.0. The van der Waals surface area contributed by atoms with E-state index in [-0.39, 0.29) is 5.97 Å². The van der Waals surface area contributed by atoms with Crippen molar-refractivity contribution >= 4 is 40.2 Å². The van der Waals surface area contributed by atoms with E-state index in [1.165, 1.54) is 0 Å². The Bertz CT molecular complexity index is 366. The fraction of sp³-hybridized carbons (Fsp3) is 0.417. The molecule has 0 amide bonds. The summed E-state index contributed by atoms with van der Waals surface area (Å²) in [5.41, 5.74) is 1.68. The number of carbonyl (C=O) groups is 1. The number of alkyl halides is 1. The van der Waals surface area contributed by atoms with Gasteiger partial charge in [-0.05, 0) is 60.1 Å². The van der Waals surface area contributed by atoms with Gasteiger partial charge in [0, 0.05) is 9.45 Å². The van der Waals surface area contributed by atoms with Gasteiger partial charge >= 0.3 is 5.97 Å². The fourth-order valence-electron chi connectivity index (χ4n) is 1.42. The Hall–Kier alpha value is -0.290. The average molecular weight is 353 g/mol. The highest BCUT2D eigenvalue weighted by atomic mass is 127. The third kappa shape index (κ3) is 3.94. The SMILES string of the molecule is CCOC(=O)c1cc(I)ccc1CCCCl. The minimum atomic E-state index is -0.245. The van der Waals surface area contributed by atoms with E-state index in [2.05, 4.69) is 22.6 Å². The minimum absolute atomic E-state index is 0.245. The summed E-state index contributed by atoms with van der Waals surface area (Å²) in [4.78, 5) is 11.7. The molecule has 0 radical (unpaired) electrons. The van der Waals surface area contributed by atoms with E-state index in [4.69, 9.17) is 16.3 Å². The minimum Gasteiger partial charge on any atom is -0.462 e. The Morgan fingerprint density at radius 1 is 1.50 bits per heavy atom. The van der Waals surface area contributed by atoms with Crippen LogP contribution in [0.3, 0.4) is 0 Å². The van der Waals surface area contributed by atoms with Crippen LogP contribution in [0.15, 0.2) is 18.2 Å². The van der Waals surface area contributed by atoms with Crippen LogP contribution in [0.5, 0.6) is 0 Å². The largest absolute Gasteiger partial charge is 0.462 e. The molecule has 0 aliphatic heterocycles. The number of esters is 1. The van der Waals surface area contributed by atoms with Gasteiger partial charge in [-0.2, -0.15) is 0 Å². The smallest absolute Gasteiger partial charge is 0.338 e.